The van der Waals surface area contributed by atoms with Gasteiger partial charge in [0.25, 0.3) is 0 Å². The summed E-state index contributed by atoms with van der Waals surface area (Å²) in [6.07, 6.45) is -3.00. The third-order valence-electron chi connectivity index (χ3n) is 2.18. The first-order chi connectivity index (χ1) is 8.38. The molecule has 0 aliphatic heterocycles. The first-order valence-corrected chi connectivity index (χ1v) is 5.90. The van der Waals surface area contributed by atoms with Crippen LogP contribution in [0.1, 0.15) is 5.56 Å². The first kappa shape index (κ1) is 13.3. The van der Waals surface area contributed by atoms with Crippen molar-refractivity contribution in [2.24, 2.45) is 0 Å². The number of aromatic nitrogens is 2. The first-order valence-electron chi connectivity index (χ1n) is 4.73. The number of alkyl halides is 3. The normalized spacial score (nSPS) is 11.6. The van der Waals surface area contributed by atoms with Crippen LogP contribution in [0.15, 0.2) is 34.9 Å². The number of rotatable bonds is 1. The third-order valence-corrected chi connectivity index (χ3v) is 2.94. The van der Waals surface area contributed by atoms with Crippen LogP contribution in [-0.4, -0.2) is 9.97 Å². The highest BCUT2D eigenvalue weighted by Crippen LogP contribution is 2.33. The smallest absolute Gasteiger partial charge is 0.225 e. The molecule has 2 rings (SSSR count). The van der Waals surface area contributed by atoms with Crippen molar-refractivity contribution in [2.75, 3.05) is 0 Å². The van der Waals surface area contributed by atoms with E-state index in [1.54, 1.807) is 0 Å². The zero-order valence-electron chi connectivity index (χ0n) is 8.67. The van der Waals surface area contributed by atoms with Crippen LogP contribution in [-0.2, 0) is 6.18 Å². The Hall–Kier alpha value is -1.14. The number of hydrogen-bond acceptors (Lipinski definition) is 2. The molecule has 0 saturated carbocycles. The molecule has 2 aromatic rings. The molecule has 0 saturated heterocycles. The van der Waals surface area contributed by atoms with Crippen molar-refractivity contribution < 1.29 is 13.2 Å². The van der Waals surface area contributed by atoms with E-state index in [1.807, 2.05) is 0 Å². The van der Waals surface area contributed by atoms with Gasteiger partial charge in [-0.1, -0.05) is 12.1 Å². The molecule has 0 bridgehead atoms. The predicted octanol–water partition coefficient (Wildman–Crippen LogP) is 4.58. The molecular formula is C11H5BrClF3N2. The van der Waals surface area contributed by atoms with Crippen LogP contribution in [0.25, 0.3) is 11.3 Å². The Balaban J connectivity index is 2.55. The van der Waals surface area contributed by atoms with Gasteiger partial charge in [-0.05, 0) is 39.7 Å². The van der Waals surface area contributed by atoms with Gasteiger partial charge in [-0.2, -0.15) is 13.2 Å². The summed E-state index contributed by atoms with van der Waals surface area (Å²) in [5.74, 6) is 0. The molecule has 0 fully saturated rings. The van der Waals surface area contributed by atoms with E-state index in [2.05, 4.69) is 25.9 Å². The predicted molar refractivity (Wildman–Crippen MR) is 65.2 cm³/mol. The van der Waals surface area contributed by atoms with Crippen LogP contribution in [0.4, 0.5) is 13.2 Å². The monoisotopic (exact) mass is 336 g/mol. The summed E-state index contributed by atoms with van der Waals surface area (Å²) in [5.41, 5.74) is -0.0938. The Morgan fingerprint density at radius 2 is 1.94 bits per heavy atom. The van der Waals surface area contributed by atoms with Crippen molar-refractivity contribution in [3.8, 4) is 11.3 Å². The summed E-state index contributed by atoms with van der Waals surface area (Å²) in [5, 5.41) is -0.0226. The highest BCUT2D eigenvalue weighted by molar-refractivity contribution is 9.10. The van der Waals surface area contributed by atoms with Gasteiger partial charge in [0.1, 0.15) is 0 Å². The molecule has 0 spiro atoms. The van der Waals surface area contributed by atoms with Crippen molar-refractivity contribution in [2.45, 2.75) is 6.18 Å². The average molecular weight is 338 g/mol. The second kappa shape index (κ2) is 4.85. The van der Waals surface area contributed by atoms with Gasteiger partial charge in [0.05, 0.1) is 15.7 Å². The zero-order chi connectivity index (χ0) is 13.3. The van der Waals surface area contributed by atoms with Gasteiger partial charge < -0.3 is 0 Å². The maximum atomic E-state index is 12.6. The molecule has 0 N–H and O–H groups in total. The van der Waals surface area contributed by atoms with Crippen molar-refractivity contribution >= 4 is 27.5 Å². The number of benzene rings is 1. The molecule has 18 heavy (non-hydrogen) atoms. The van der Waals surface area contributed by atoms with Gasteiger partial charge in [-0.3, -0.25) is 0 Å². The number of nitrogens with zero attached hydrogens (tertiary/aromatic N) is 2. The lowest BCUT2D eigenvalue weighted by molar-refractivity contribution is -0.137. The van der Waals surface area contributed by atoms with Crippen LogP contribution in [0, 0.1) is 0 Å². The SMILES string of the molecule is FC(F)(F)c1cccc(-c2nc(Cl)ncc2Br)c1. The second-order valence-corrected chi connectivity index (χ2v) is 4.61. The van der Waals surface area contributed by atoms with Crippen molar-refractivity contribution in [3.63, 3.8) is 0 Å². The fourth-order valence-electron chi connectivity index (χ4n) is 1.39. The second-order valence-electron chi connectivity index (χ2n) is 3.41. The van der Waals surface area contributed by atoms with Crippen molar-refractivity contribution in [3.05, 3.63) is 45.8 Å². The van der Waals surface area contributed by atoms with Gasteiger partial charge in [-0.25, -0.2) is 9.97 Å². The molecule has 0 unspecified atom stereocenters. The zero-order valence-corrected chi connectivity index (χ0v) is 11.0. The Labute approximate surface area is 114 Å². The molecule has 0 atom stereocenters. The minimum atomic E-state index is -4.39. The standard InChI is InChI=1S/C11H5BrClF3N2/c12-8-5-17-10(13)18-9(8)6-2-1-3-7(4-6)11(14,15)16/h1-5H. The van der Waals surface area contributed by atoms with Crippen LogP contribution >= 0.6 is 27.5 Å². The van der Waals surface area contributed by atoms with Gasteiger partial charge >= 0.3 is 6.18 Å². The van der Waals surface area contributed by atoms with Gasteiger partial charge in [0, 0.05) is 11.8 Å². The van der Waals surface area contributed by atoms with E-state index in [4.69, 9.17) is 11.6 Å². The Bertz CT molecular complexity index is 587. The Morgan fingerprint density at radius 1 is 1.22 bits per heavy atom. The van der Waals surface area contributed by atoms with Crippen molar-refractivity contribution in [1.82, 2.24) is 9.97 Å². The molecule has 0 aliphatic carbocycles. The highest BCUT2D eigenvalue weighted by Gasteiger charge is 2.30. The molecule has 2 nitrogen and oxygen atoms in total. The van der Waals surface area contributed by atoms with E-state index in [1.165, 1.54) is 18.3 Å². The van der Waals surface area contributed by atoms with E-state index in [0.29, 0.717) is 15.7 Å². The lowest BCUT2D eigenvalue weighted by Gasteiger charge is -2.09. The molecule has 7 heteroatoms. The number of hydrogen-bond donors (Lipinski definition) is 0. The van der Waals surface area contributed by atoms with Gasteiger partial charge in [-0.15, -0.1) is 0 Å². The lowest BCUT2D eigenvalue weighted by Crippen LogP contribution is -2.04. The maximum Gasteiger partial charge on any atom is 0.416 e. The van der Waals surface area contributed by atoms with Gasteiger partial charge in [0.15, 0.2) is 0 Å². The topological polar surface area (TPSA) is 25.8 Å². The molecule has 0 amide bonds. The number of halogens is 5. The highest BCUT2D eigenvalue weighted by atomic mass is 79.9. The Kier molecular flexibility index (Phi) is 3.59. The van der Waals surface area contributed by atoms with Crippen LogP contribution in [0.5, 0.6) is 0 Å². The third kappa shape index (κ3) is 2.81. The summed E-state index contributed by atoms with van der Waals surface area (Å²) in [4.78, 5) is 7.63. The molecule has 1 aromatic carbocycles. The molecule has 1 aromatic heterocycles. The summed E-state index contributed by atoms with van der Waals surface area (Å²) in [6.45, 7) is 0. The largest absolute Gasteiger partial charge is 0.416 e. The summed E-state index contributed by atoms with van der Waals surface area (Å²) in [7, 11) is 0. The van der Waals surface area contributed by atoms with E-state index in [9.17, 15) is 13.2 Å². The van der Waals surface area contributed by atoms with Crippen LogP contribution in [0.3, 0.4) is 0 Å². The minimum absolute atomic E-state index is 0.0226. The quantitative estimate of drug-likeness (QED) is 0.712. The Morgan fingerprint density at radius 3 is 2.61 bits per heavy atom. The molecular weight excluding hydrogens is 332 g/mol. The van der Waals surface area contributed by atoms with Crippen LogP contribution in [0.2, 0.25) is 5.28 Å². The summed E-state index contributed by atoms with van der Waals surface area (Å²) in [6, 6.07) is 4.86. The summed E-state index contributed by atoms with van der Waals surface area (Å²) < 4.78 is 38.3. The van der Waals surface area contributed by atoms with E-state index < -0.39 is 11.7 Å². The lowest BCUT2D eigenvalue weighted by atomic mass is 10.1. The van der Waals surface area contributed by atoms with E-state index in [0.717, 1.165) is 12.1 Å². The average Bonchev–Trinajstić information content (AvgIpc) is 2.31. The van der Waals surface area contributed by atoms with Gasteiger partial charge in [0.2, 0.25) is 5.28 Å². The molecule has 1 heterocycles. The fraction of sp³-hybridized carbons (Fsp3) is 0.0909. The molecule has 94 valence electrons. The van der Waals surface area contributed by atoms with E-state index in [-0.39, 0.29) is 5.28 Å². The maximum absolute atomic E-state index is 12.6. The molecule has 0 radical (unpaired) electrons. The summed E-state index contributed by atoms with van der Waals surface area (Å²) >= 11 is 8.81. The fourth-order valence-corrected chi connectivity index (χ4v) is 1.94. The van der Waals surface area contributed by atoms with E-state index >= 15 is 0 Å². The van der Waals surface area contributed by atoms with Crippen molar-refractivity contribution in [1.29, 1.82) is 0 Å². The minimum Gasteiger partial charge on any atom is -0.225 e. The molecule has 0 aliphatic rings. The van der Waals surface area contributed by atoms with Crippen LogP contribution < -0.4 is 0 Å².